The number of carbonyl (C=O) groups is 1. The second-order valence-electron chi connectivity index (χ2n) is 6.35. The molecule has 0 spiro atoms. The van der Waals surface area contributed by atoms with Crippen LogP contribution < -0.4 is 5.32 Å². The van der Waals surface area contributed by atoms with Gasteiger partial charge in [0.05, 0.1) is 10.6 Å². The van der Waals surface area contributed by atoms with Crippen molar-refractivity contribution in [1.29, 1.82) is 0 Å². The number of benzene rings is 1. The highest BCUT2D eigenvalue weighted by atomic mass is 35.5. The van der Waals surface area contributed by atoms with Crippen LogP contribution in [0.25, 0.3) is 10.2 Å². The molecule has 4 rings (SSSR count). The van der Waals surface area contributed by atoms with E-state index in [4.69, 9.17) is 11.6 Å². The second-order valence-corrected chi connectivity index (χ2v) is 7.82. The molecule has 1 aliphatic rings. The van der Waals surface area contributed by atoms with Crippen molar-refractivity contribution < 1.29 is 4.79 Å². The number of nitrogens with zero attached hydrogens (tertiary/aromatic N) is 3. The number of aromatic nitrogens is 2. The molecule has 5 nitrogen and oxygen atoms in total. The van der Waals surface area contributed by atoms with Crippen molar-refractivity contribution in [2.24, 2.45) is 7.05 Å². The Balaban J connectivity index is 1.56. The molecule has 0 bridgehead atoms. The van der Waals surface area contributed by atoms with E-state index in [2.05, 4.69) is 10.4 Å². The molecule has 3 aromatic rings. The molecule has 0 aliphatic carbocycles. The van der Waals surface area contributed by atoms with Crippen molar-refractivity contribution >= 4 is 39.1 Å². The summed E-state index contributed by atoms with van der Waals surface area (Å²) in [6, 6.07) is 9.92. The number of nitrogens with one attached hydrogen (secondary N) is 1. The maximum absolute atomic E-state index is 13.0. The first-order valence-corrected chi connectivity index (χ1v) is 9.43. The fourth-order valence-electron chi connectivity index (χ4n) is 3.32. The van der Waals surface area contributed by atoms with E-state index in [9.17, 15) is 4.79 Å². The van der Waals surface area contributed by atoms with Gasteiger partial charge in [0.25, 0.3) is 5.91 Å². The minimum Gasteiger partial charge on any atom is -0.335 e. The minimum atomic E-state index is 0.0982. The molecule has 1 aromatic carbocycles. The SMILES string of the molecule is Cc1nn(C)c2sc(C(=O)N3CCNC(c4ccc(Cl)cc4)C3)cc12. The topological polar surface area (TPSA) is 50.2 Å². The first kappa shape index (κ1) is 16.6. The molecule has 1 aliphatic heterocycles. The average molecular weight is 375 g/mol. The lowest BCUT2D eigenvalue weighted by Crippen LogP contribution is -2.48. The van der Waals surface area contributed by atoms with Gasteiger partial charge in [-0.1, -0.05) is 23.7 Å². The third-order valence-corrected chi connectivity index (χ3v) is 6.08. The summed E-state index contributed by atoms with van der Waals surface area (Å²) < 4.78 is 1.85. The molecule has 1 atom stereocenters. The number of rotatable bonds is 2. The maximum atomic E-state index is 13.0. The first-order chi connectivity index (χ1) is 12.0. The van der Waals surface area contributed by atoms with Gasteiger partial charge in [-0.05, 0) is 30.7 Å². The third kappa shape index (κ3) is 3.05. The second kappa shape index (κ2) is 6.44. The van der Waals surface area contributed by atoms with E-state index in [0.29, 0.717) is 13.1 Å². The van der Waals surface area contributed by atoms with Gasteiger partial charge in [0.2, 0.25) is 0 Å². The van der Waals surface area contributed by atoms with Crippen LogP contribution in [0.2, 0.25) is 5.02 Å². The quantitative estimate of drug-likeness (QED) is 0.748. The standard InChI is InChI=1S/C18H19ClN4OS/c1-11-14-9-16(25-18(14)22(2)21-11)17(24)23-8-7-20-15(10-23)12-3-5-13(19)6-4-12/h3-6,9,15,20H,7-8,10H2,1-2H3. The fraction of sp³-hybridized carbons (Fsp3) is 0.333. The minimum absolute atomic E-state index is 0.0982. The number of piperazine rings is 1. The van der Waals surface area contributed by atoms with E-state index in [1.54, 1.807) is 0 Å². The lowest BCUT2D eigenvalue weighted by Gasteiger charge is -2.33. The molecule has 130 valence electrons. The van der Waals surface area contributed by atoms with Crippen LogP contribution in [0.1, 0.15) is 27.0 Å². The van der Waals surface area contributed by atoms with Crippen LogP contribution in [0.3, 0.4) is 0 Å². The Bertz CT molecular complexity index is 896. The zero-order valence-electron chi connectivity index (χ0n) is 14.1. The Morgan fingerprint density at radius 2 is 2.12 bits per heavy atom. The normalized spacial score (nSPS) is 18.0. The van der Waals surface area contributed by atoms with Crippen LogP contribution in [0, 0.1) is 6.92 Å². The van der Waals surface area contributed by atoms with Gasteiger partial charge in [-0.25, -0.2) is 0 Å². The molecule has 2 aromatic heterocycles. The van der Waals surface area contributed by atoms with Crippen LogP contribution in [-0.2, 0) is 7.05 Å². The number of hydrogen-bond acceptors (Lipinski definition) is 4. The maximum Gasteiger partial charge on any atom is 0.264 e. The fourth-order valence-corrected chi connectivity index (χ4v) is 4.54. The molecule has 1 saturated heterocycles. The monoisotopic (exact) mass is 374 g/mol. The van der Waals surface area contributed by atoms with E-state index in [1.807, 2.05) is 53.9 Å². The zero-order valence-corrected chi connectivity index (χ0v) is 15.7. The van der Waals surface area contributed by atoms with E-state index in [0.717, 1.165) is 37.9 Å². The van der Waals surface area contributed by atoms with Crippen molar-refractivity contribution in [3.63, 3.8) is 0 Å². The molecule has 25 heavy (non-hydrogen) atoms. The van der Waals surface area contributed by atoms with Gasteiger partial charge in [-0.2, -0.15) is 5.10 Å². The molecular weight excluding hydrogens is 356 g/mol. The molecule has 7 heteroatoms. The molecular formula is C18H19ClN4OS. The first-order valence-electron chi connectivity index (χ1n) is 8.24. The van der Waals surface area contributed by atoms with Gasteiger partial charge >= 0.3 is 0 Å². The number of aryl methyl sites for hydroxylation is 2. The molecule has 1 amide bonds. The van der Waals surface area contributed by atoms with Crippen LogP contribution in [0.4, 0.5) is 0 Å². The van der Waals surface area contributed by atoms with Crippen molar-refractivity contribution in [1.82, 2.24) is 20.0 Å². The summed E-state index contributed by atoms with van der Waals surface area (Å²) in [5.41, 5.74) is 2.12. The van der Waals surface area contributed by atoms with Crippen LogP contribution >= 0.6 is 22.9 Å². The predicted molar refractivity (Wildman–Crippen MR) is 101 cm³/mol. The van der Waals surface area contributed by atoms with E-state index < -0.39 is 0 Å². The Hall–Kier alpha value is -1.89. The molecule has 0 radical (unpaired) electrons. The molecule has 1 N–H and O–H groups in total. The summed E-state index contributed by atoms with van der Waals surface area (Å²) in [7, 11) is 1.92. The molecule has 3 heterocycles. The van der Waals surface area contributed by atoms with E-state index in [1.165, 1.54) is 11.3 Å². The van der Waals surface area contributed by atoms with Gasteiger partial charge in [0.1, 0.15) is 4.83 Å². The zero-order chi connectivity index (χ0) is 17.6. The Morgan fingerprint density at radius 1 is 1.36 bits per heavy atom. The van der Waals surface area contributed by atoms with Gasteiger partial charge < -0.3 is 10.2 Å². The Kier molecular flexibility index (Phi) is 4.27. The Labute approximate surface area is 155 Å². The van der Waals surface area contributed by atoms with Gasteiger partial charge in [-0.3, -0.25) is 9.48 Å². The summed E-state index contributed by atoms with van der Waals surface area (Å²) in [5.74, 6) is 0.0982. The number of fused-ring (bicyclic) bond motifs is 1. The van der Waals surface area contributed by atoms with E-state index >= 15 is 0 Å². The highest BCUT2D eigenvalue weighted by Crippen LogP contribution is 2.29. The third-order valence-electron chi connectivity index (χ3n) is 4.64. The van der Waals surface area contributed by atoms with Gasteiger partial charge in [-0.15, -0.1) is 11.3 Å². The van der Waals surface area contributed by atoms with Crippen molar-refractivity contribution in [3.8, 4) is 0 Å². The number of hydrogen-bond donors (Lipinski definition) is 1. The highest BCUT2D eigenvalue weighted by Gasteiger charge is 2.26. The molecule has 1 unspecified atom stereocenters. The lowest BCUT2D eigenvalue weighted by atomic mass is 10.0. The van der Waals surface area contributed by atoms with Gasteiger partial charge in [0.15, 0.2) is 0 Å². The van der Waals surface area contributed by atoms with Crippen LogP contribution in [-0.4, -0.2) is 40.2 Å². The number of halogens is 1. The Morgan fingerprint density at radius 3 is 2.84 bits per heavy atom. The number of carbonyl (C=O) groups excluding carboxylic acids is 1. The van der Waals surface area contributed by atoms with Crippen LogP contribution in [0.5, 0.6) is 0 Å². The predicted octanol–water partition coefficient (Wildman–Crippen LogP) is 3.38. The summed E-state index contributed by atoms with van der Waals surface area (Å²) in [6.07, 6.45) is 0. The lowest BCUT2D eigenvalue weighted by molar-refractivity contribution is 0.0708. The highest BCUT2D eigenvalue weighted by molar-refractivity contribution is 7.20. The smallest absolute Gasteiger partial charge is 0.264 e. The number of amides is 1. The summed E-state index contributed by atoms with van der Waals surface area (Å²) >= 11 is 7.49. The summed E-state index contributed by atoms with van der Waals surface area (Å²) in [4.78, 5) is 16.7. The summed E-state index contributed by atoms with van der Waals surface area (Å²) in [6.45, 7) is 4.13. The number of thiophene rings is 1. The largest absolute Gasteiger partial charge is 0.335 e. The average Bonchev–Trinajstić information content (AvgIpc) is 3.17. The van der Waals surface area contributed by atoms with Crippen molar-refractivity contribution in [2.75, 3.05) is 19.6 Å². The van der Waals surface area contributed by atoms with E-state index in [-0.39, 0.29) is 11.9 Å². The van der Waals surface area contributed by atoms with Crippen molar-refractivity contribution in [3.05, 3.63) is 51.5 Å². The van der Waals surface area contributed by atoms with Gasteiger partial charge in [0, 0.05) is 43.1 Å². The summed E-state index contributed by atoms with van der Waals surface area (Å²) in [5, 5.41) is 9.68. The molecule has 0 saturated carbocycles. The molecule has 1 fully saturated rings. The van der Waals surface area contributed by atoms with Crippen LogP contribution in [0.15, 0.2) is 30.3 Å². The van der Waals surface area contributed by atoms with Crippen molar-refractivity contribution in [2.45, 2.75) is 13.0 Å².